The number of nitrogens with zero attached hydrogens (tertiary/aromatic N) is 2. The number of nitrogens with one attached hydrogen (secondary N) is 2. The molecule has 0 saturated heterocycles. The van der Waals surface area contributed by atoms with E-state index in [1.54, 1.807) is 4.90 Å². The van der Waals surface area contributed by atoms with Crippen molar-refractivity contribution >= 4 is 11.9 Å². The molecular formula is C23H30N4O2. The van der Waals surface area contributed by atoms with Crippen LogP contribution in [0.3, 0.4) is 0 Å². The Morgan fingerprint density at radius 1 is 1.14 bits per heavy atom. The van der Waals surface area contributed by atoms with Crippen LogP contribution in [0.15, 0.2) is 59.6 Å². The second kappa shape index (κ2) is 10.5. The summed E-state index contributed by atoms with van der Waals surface area (Å²) in [4.78, 5) is 18.8. The fraction of sp³-hybridized carbons (Fsp3) is 0.391. The quantitative estimate of drug-likeness (QED) is 0.534. The standard InChI is InChI=1S/C23H30N4O2/c1-3-24-23(26-16-20-15-19-11-7-8-12-21(19)29-20)25-14-13-22(28)27(2)17-18-9-5-4-6-10-18/h4-12,20H,3,13-17H2,1-2H3,(H2,24,25,26). The number of ether oxygens (including phenoxy) is 1. The predicted octanol–water partition coefficient (Wildman–Crippen LogP) is 2.59. The summed E-state index contributed by atoms with van der Waals surface area (Å²) in [7, 11) is 1.84. The molecule has 0 spiro atoms. The largest absolute Gasteiger partial charge is 0.488 e. The van der Waals surface area contributed by atoms with Crippen LogP contribution in [0.25, 0.3) is 0 Å². The number of hydrogen-bond donors (Lipinski definition) is 2. The average molecular weight is 395 g/mol. The number of carbonyl (C=O) groups is 1. The maximum Gasteiger partial charge on any atom is 0.224 e. The fourth-order valence-electron chi connectivity index (χ4n) is 3.31. The van der Waals surface area contributed by atoms with E-state index in [1.165, 1.54) is 5.56 Å². The number of benzene rings is 2. The lowest BCUT2D eigenvalue weighted by Gasteiger charge is -2.18. The molecule has 1 unspecified atom stereocenters. The van der Waals surface area contributed by atoms with E-state index < -0.39 is 0 Å². The highest BCUT2D eigenvalue weighted by molar-refractivity contribution is 5.81. The van der Waals surface area contributed by atoms with Crippen molar-refractivity contribution < 1.29 is 9.53 Å². The second-order valence-electron chi connectivity index (χ2n) is 7.18. The van der Waals surface area contributed by atoms with Crippen LogP contribution in [-0.4, -0.2) is 49.6 Å². The first-order chi connectivity index (χ1) is 14.2. The first-order valence-electron chi connectivity index (χ1n) is 10.2. The molecule has 0 fully saturated rings. The Labute approximate surface area is 173 Å². The Balaban J connectivity index is 1.43. The van der Waals surface area contributed by atoms with Crippen molar-refractivity contribution in [3.8, 4) is 5.75 Å². The highest BCUT2D eigenvalue weighted by atomic mass is 16.5. The number of fused-ring (bicyclic) bond motifs is 1. The van der Waals surface area contributed by atoms with Crippen molar-refractivity contribution in [3.05, 3.63) is 65.7 Å². The Hall–Kier alpha value is -3.02. The summed E-state index contributed by atoms with van der Waals surface area (Å²) in [6.07, 6.45) is 1.35. The van der Waals surface area contributed by atoms with Gasteiger partial charge in [-0.1, -0.05) is 48.5 Å². The number of carbonyl (C=O) groups excluding carboxylic acids is 1. The lowest BCUT2D eigenvalue weighted by molar-refractivity contribution is -0.130. The van der Waals surface area contributed by atoms with Gasteiger partial charge in [0.2, 0.25) is 5.91 Å². The van der Waals surface area contributed by atoms with Crippen LogP contribution >= 0.6 is 0 Å². The van der Waals surface area contributed by atoms with Crippen LogP contribution in [0, 0.1) is 0 Å². The van der Waals surface area contributed by atoms with E-state index in [0.717, 1.165) is 24.3 Å². The Morgan fingerprint density at radius 3 is 2.66 bits per heavy atom. The first-order valence-corrected chi connectivity index (χ1v) is 10.2. The summed E-state index contributed by atoms with van der Waals surface area (Å²) < 4.78 is 5.94. The van der Waals surface area contributed by atoms with Crippen molar-refractivity contribution in [3.63, 3.8) is 0 Å². The van der Waals surface area contributed by atoms with E-state index in [1.807, 2.05) is 62.5 Å². The van der Waals surface area contributed by atoms with Gasteiger partial charge in [-0.2, -0.15) is 0 Å². The number of hydrogen-bond acceptors (Lipinski definition) is 3. The van der Waals surface area contributed by atoms with E-state index in [0.29, 0.717) is 32.0 Å². The van der Waals surface area contributed by atoms with Gasteiger partial charge in [0.05, 0.1) is 6.54 Å². The molecule has 1 amide bonds. The molecule has 29 heavy (non-hydrogen) atoms. The van der Waals surface area contributed by atoms with Crippen LogP contribution in [0.5, 0.6) is 5.75 Å². The van der Waals surface area contributed by atoms with Crippen LogP contribution < -0.4 is 15.4 Å². The molecule has 0 aliphatic carbocycles. The van der Waals surface area contributed by atoms with E-state index in [-0.39, 0.29) is 12.0 Å². The van der Waals surface area contributed by atoms with Crippen molar-refractivity contribution in [2.24, 2.45) is 4.99 Å². The summed E-state index contributed by atoms with van der Waals surface area (Å²) in [6.45, 7) is 4.52. The molecule has 1 atom stereocenters. The summed E-state index contributed by atoms with van der Waals surface area (Å²) in [5.41, 5.74) is 2.36. The minimum absolute atomic E-state index is 0.0569. The minimum Gasteiger partial charge on any atom is -0.488 e. The van der Waals surface area contributed by atoms with Gasteiger partial charge < -0.3 is 20.3 Å². The van der Waals surface area contributed by atoms with Crippen LogP contribution in [0.1, 0.15) is 24.5 Å². The summed E-state index contributed by atoms with van der Waals surface area (Å²) in [5.74, 6) is 1.77. The number of rotatable bonds is 8. The van der Waals surface area contributed by atoms with Crippen LogP contribution in [0.4, 0.5) is 0 Å². The van der Waals surface area contributed by atoms with E-state index >= 15 is 0 Å². The molecule has 154 valence electrons. The Bertz CT molecular complexity index is 798. The molecule has 6 heteroatoms. The lowest BCUT2D eigenvalue weighted by Crippen LogP contribution is -2.40. The molecule has 2 N–H and O–H groups in total. The van der Waals surface area contributed by atoms with E-state index in [9.17, 15) is 4.79 Å². The Kier molecular flexibility index (Phi) is 7.50. The highest BCUT2D eigenvalue weighted by Gasteiger charge is 2.22. The van der Waals surface area contributed by atoms with Gasteiger partial charge >= 0.3 is 0 Å². The highest BCUT2D eigenvalue weighted by Crippen LogP contribution is 2.28. The first kappa shape index (κ1) is 20.7. The van der Waals surface area contributed by atoms with Crippen molar-refractivity contribution in [1.29, 1.82) is 0 Å². The van der Waals surface area contributed by atoms with Crippen LogP contribution in [0.2, 0.25) is 0 Å². The molecule has 1 aliphatic rings. The molecule has 0 aromatic heterocycles. The summed E-state index contributed by atoms with van der Waals surface area (Å²) >= 11 is 0. The molecule has 0 radical (unpaired) electrons. The molecule has 2 aromatic rings. The predicted molar refractivity (Wildman–Crippen MR) is 116 cm³/mol. The normalized spacial score (nSPS) is 15.4. The number of amides is 1. The van der Waals surface area contributed by atoms with Gasteiger partial charge in [0.15, 0.2) is 5.96 Å². The number of para-hydroxylation sites is 1. The van der Waals surface area contributed by atoms with Gasteiger partial charge in [0.1, 0.15) is 11.9 Å². The molecule has 1 heterocycles. The maximum absolute atomic E-state index is 12.4. The molecule has 0 bridgehead atoms. The van der Waals surface area contributed by atoms with Gasteiger partial charge in [0.25, 0.3) is 0 Å². The SMILES string of the molecule is CCNC(=NCC1Cc2ccccc2O1)NCCC(=O)N(C)Cc1ccccc1. The third-order valence-corrected chi connectivity index (χ3v) is 4.83. The zero-order chi connectivity index (χ0) is 20.5. The lowest BCUT2D eigenvalue weighted by atomic mass is 10.1. The molecule has 1 aliphatic heterocycles. The summed E-state index contributed by atoms with van der Waals surface area (Å²) in [6, 6.07) is 18.1. The average Bonchev–Trinajstić information content (AvgIpc) is 3.15. The number of guanidine groups is 1. The smallest absolute Gasteiger partial charge is 0.224 e. The van der Waals surface area contributed by atoms with Gasteiger partial charge in [0, 0.05) is 39.5 Å². The zero-order valence-corrected chi connectivity index (χ0v) is 17.2. The zero-order valence-electron chi connectivity index (χ0n) is 17.2. The molecular weight excluding hydrogens is 364 g/mol. The topological polar surface area (TPSA) is 66.0 Å². The van der Waals surface area contributed by atoms with Gasteiger partial charge in [-0.3, -0.25) is 4.79 Å². The van der Waals surface area contributed by atoms with Gasteiger partial charge in [-0.25, -0.2) is 4.99 Å². The van der Waals surface area contributed by atoms with Crippen molar-refractivity contribution in [2.45, 2.75) is 32.4 Å². The van der Waals surface area contributed by atoms with E-state index in [2.05, 4.69) is 21.7 Å². The molecule has 6 nitrogen and oxygen atoms in total. The third kappa shape index (κ3) is 6.24. The fourth-order valence-corrected chi connectivity index (χ4v) is 3.31. The third-order valence-electron chi connectivity index (χ3n) is 4.83. The Morgan fingerprint density at radius 2 is 1.90 bits per heavy atom. The van der Waals surface area contributed by atoms with Gasteiger partial charge in [-0.15, -0.1) is 0 Å². The second-order valence-corrected chi connectivity index (χ2v) is 7.18. The van der Waals surface area contributed by atoms with Crippen LogP contribution in [-0.2, 0) is 17.8 Å². The molecule has 2 aromatic carbocycles. The number of aliphatic imine (C=N–C) groups is 1. The van der Waals surface area contributed by atoms with E-state index in [4.69, 9.17) is 4.74 Å². The van der Waals surface area contributed by atoms with Gasteiger partial charge in [-0.05, 0) is 24.1 Å². The molecule has 0 saturated carbocycles. The van der Waals surface area contributed by atoms with Crippen molar-refractivity contribution in [1.82, 2.24) is 15.5 Å². The summed E-state index contributed by atoms with van der Waals surface area (Å²) in [5, 5.41) is 6.48. The maximum atomic E-state index is 12.4. The van der Waals surface area contributed by atoms with Crippen molar-refractivity contribution in [2.75, 3.05) is 26.7 Å². The molecule has 3 rings (SSSR count). The monoisotopic (exact) mass is 394 g/mol. The minimum atomic E-state index is 0.0569.